The fourth-order valence-corrected chi connectivity index (χ4v) is 2.96. The number of aryl methyl sites for hydroxylation is 1. The molecule has 0 spiro atoms. The fourth-order valence-electron chi connectivity index (χ4n) is 2.79. The third kappa shape index (κ3) is 4.70. The highest BCUT2D eigenvalue weighted by molar-refractivity contribution is 6.31. The molecule has 4 nitrogen and oxygen atoms in total. The summed E-state index contributed by atoms with van der Waals surface area (Å²) in [6.45, 7) is 6.28. The Morgan fingerprint density at radius 2 is 2.33 bits per heavy atom. The lowest BCUT2D eigenvalue weighted by Gasteiger charge is -2.34. The largest absolute Gasteiger partial charge is 0.328 e. The van der Waals surface area contributed by atoms with Crippen LogP contribution in [0.25, 0.3) is 0 Å². The number of carbonyl (C=O) groups excluding carboxylic acids is 1. The van der Waals surface area contributed by atoms with Crippen molar-refractivity contribution in [2.75, 3.05) is 25.0 Å². The van der Waals surface area contributed by atoms with E-state index in [0.29, 0.717) is 17.5 Å². The fraction of sp³-hybridized carbons (Fsp3) is 0.562. The van der Waals surface area contributed by atoms with Crippen LogP contribution >= 0.6 is 11.6 Å². The Kier molecular flexibility index (Phi) is 5.62. The molecule has 1 aromatic carbocycles. The number of likely N-dealkylation sites (tertiary alicyclic amines) is 1. The summed E-state index contributed by atoms with van der Waals surface area (Å²) >= 11 is 5.97. The van der Waals surface area contributed by atoms with E-state index in [2.05, 4.69) is 10.2 Å². The van der Waals surface area contributed by atoms with Crippen LogP contribution in [0.2, 0.25) is 5.02 Å². The van der Waals surface area contributed by atoms with Gasteiger partial charge in [0, 0.05) is 23.3 Å². The van der Waals surface area contributed by atoms with Gasteiger partial charge < -0.3 is 11.1 Å². The van der Waals surface area contributed by atoms with Gasteiger partial charge in [-0.15, -0.1) is 0 Å². The molecule has 1 aliphatic rings. The van der Waals surface area contributed by atoms with Gasteiger partial charge in [-0.3, -0.25) is 9.69 Å². The van der Waals surface area contributed by atoms with Crippen LogP contribution in [-0.2, 0) is 4.79 Å². The Hall–Kier alpha value is -1.10. The van der Waals surface area contributed by atoms with Gasteiger partial charge in [0.05, 0.1) is 6.54 Å². The highest BCUT2D eigenvalue weighted by Crippen LogP contribution is 2.21. The van der Waals surface area contributed by atoms with Crippen molar-refractivity contribution in [3.8, 4) is 0 Å². The van der Waals surface area contributed by atoms with Crippen LogP contribution in [0.1, 0.15) is 25.3 Å². The molecule has 1 fully saturated rings. The van der Waals surface area contributed by atoms with Crippen molar-refractivity contribution >= 4 is 23.2 Å². The lowest BCUT2D eigenvalue weighted by atomic mass is 9.92. The van der Waals surface area contributed by atoms with E-state index in [1.807, 2.05) is 26.0 Å². The zero-order valence-corrected chi connectivity index (χ0v) is 13.5. The Bertz CT molecular complexity index is 504. The highest BCUT2D eigenvalue weighted by atomic mass is 35.5. The maximum Gasteiger partial charge on any atom is 0.238 e. The second kappa shape index (κ2) is 7.25. The van der Waals surface area contributed by atoms with Crippen LogP contribution in [0, 0.1) is 12.8 Å². The number of nitrogens with one attached hydrogen (secondary N) is 1. The van der Waals surface area contributed by atoms with E-state index in [4.69, 9.17) is 17.3 Å². The average Bonchev–Trinajstić information content (AvgIpc) is 2.43. The summed E-state index contributed by atoms with van der Waals surface area (Å²) in [4.78, 5) is 14.4. The quantitative estimate of drug-likeness (QED) is 0.899. The molecule has 2 rings (SSSR count). The minimum atomic E-state index is 0.00527. The molecule has 1 saturated heterocycles. The van der Waals surface area contributed by atoms with Crippen molar-refractivity contribution in [2.24, 2.45) is 11.7 Å². The molecule has 0 radical (unpaired) electrons. The summed E-state index contributed by atoms with van der Waals surface area (Å²) in [7, 11) is 0. The molecular weight excluding hydrogens is 286 g/mol. The lowest BCUT2D eigenvalue weighted by molar-refractivity contribution is -0.117. The van der Waals surface area contributed by atoms with E-state index in [9.17, 15) is 4.79 Å². The molecule has 0 aromatic heterocycles. The van der Waals surface area contributed by atoms with Gasteiger partial charge in [-0.1, -0.05) is 17.7 Å². The molecule has 1 amide bonds. The van der Waals surface area contributed by atoms with Crippen molar-refractivity contribution in [1.82, 2.24) is 4.90 Å². The first-order chi connectivity index (χ1) is 9.95. The van der Waals surface area contributed by atoms with E-state index in [-0.39, 0.29) is 11.9 Å². The zero-order valence-electron chi connectivity index (χ0n) is 12.7. The molecular formula is C16H24ClN3O. The molecule has 21 heavy (non-hydrogen) atoms. The topological polar surface area (TPSA) is 58.4 Å². The van der Waals surface area contributed by atoms with Crippen LogP contribution in [0.15, 0.2) is 18.2 Å². The highest BCUT2D eigenvalue weighted by Gasteiger charge is 2.24. The molecule has 116 valence electrons. The second-order valence-corrected chi connectivity index (χ2v) is 6.44. The molecule has 2 atom stereocenters. The molecule has 1 heterocycles. The average molecular weight is 310 g/mol. The van der Waals surface area contributed by atoms with Crippen molar-refractivity contribution in [1.29, 1.82) is 0 Å². The molecule has 0 saturated carbocycles. The van der Waals surface area contributed by atoms with Crippen LogP contribution in [0.5, 0.6) is 0 Å². The Morgan fingerprint density at radius 3 is 3.05 bits per heavy atom. The van der Waals surface area contributed by atoms with Crippen LogP contribution in [0.3, 0.4) is 0 Å². The molecule has 3 N–H and O–H groups in total. The maximum atomic E-state index is 12.2. The first kappa shape index (κ1) is 16.3. The number of halogens is 1. The number of benzene rings is 1. The molecule has 5 heteroatoms. The van der Waals surface area contributed by atoms with Gasteiger partial charge >= 0.3 is 0 Å². The SMILES string of the molecule is Cc1ccc(Cl)cc1NC(=O)CN1CCCC(C(C)N)C1. The molecule has 2 unspecified atom stereocenters. The first-order valence-corrected chi connectivity index (χ1v) is 7.87. The number of nitrogens with zero attached hydrogens (tertiary/aromatic N) is 1. The zero-order chi connectivity index (χ0) is 15.4. The predicted octanol–water partition coefficient (Wildman–Crippen LogP) is 2.65. The van der Waals surface area contributed by atoms with Gasteiger partial charge in [0.1, 0.15) is 0 Å². The number of hydrogen-bond donors (Lipinski definition) is 2. The summed E-state index contributed by atoms with van der Waals surface area (Å²) in [6, 6.07) is 5.71. The van der Waals surface area contributed by atoms with Gasteiger partial charge in [0.15, 0.2) is 0 Å². The van der Waals surface area contributed by atoms with E-state index in [1.54, 1.807) is 6.07 Å². The van der Waals surface area contributed by atoms with E-state index < -0.39 is 0 Å². The van der Waals surface area contributed by atoms with Crippen LogP contribution in [0.4, 0.5) is 5.69 Å². The van der Waals surface area contributed by atoms with Gasteiger partial charge in [-0.05, 0) is 56.8 Å². The van der Waals surface area contributed by atoms with Gasteiger partial charge in [0.2, 0.25) is 5.91 Å². The van der Waals surface area contributed by atoms with Crippen molar-refractivity contribution in [3.05, 3.63) is 28.8 Å². The monoisotopic (exact) mass is 309 g/mol. The van der Waals surface area contributed by atoms with Gasteiger partial charge in [-0.25, -0.2) is 0 Å². The predicted molar refractivity (Wildman–Crippen MR) is 87.6 cm³/mol. The number of piperidine rings is 1. The van der Waals surface area contributed by atoms with Crippen molar-refractivity contribution in [2.45, 2.75) is 32.7 Å². The van der Waals surface area contributed by atoms with E-state index >= 15 is 0 Å². The minimum Gasteiger partial charge on any atom is -0.328 e. The third-order valence-corrected chi connectivity index (χ3v) is 4.36. The number of hydrogen-bond acceptors (Lipinski definition) is 3. The van der Waals surface area contributed by atoms with Crippen LogP contribution in [-0.4, -0.2) is 36.5 Å². The Balaban J connectivity index is 1.91. The van der Waals surface area contributed by atoms with E-state index in [0.717, 1.165) is 37.2 Å². The molecule has 0 aliphatic carbocycles. The van der Waals surface area contributed by atoms with E-state index in [1.165, 1.54) is 0 Å². The van der Waals surface area contributed by atoms with Crippen LogP contribution < -0.4 is 11.1 Å². The maximum absolute atomic E-state index is 12.2. The summed E-state index contributed by atoms with van der Waals surface area (Å²) in [5.41, 5.74) is 7.78. The number of rotatable bonds is 4. The summed E-state index contributed by atoms with van der Waals surface area (Å²) in [6.07, 6.45) is 2.26. The number of anilines is 1. The molecule has 0 bridgehead atoms. The van der Waals surface area contributed by atoms with Crippen molar-refractivity contribution in [3.63, 3.8) is 0 Å². The Labute approximate surface area is 131 Å². The summed E-state index contributed by atoms with van der Waals surface area (Å²) in [5.74, 6) is 0.491. The normalized spacial score (nSPS) is 21.0. The second-order valence-electron chi connectivity index (χ2n) is 6.00. The lowest BCUT2D eigenvalue weighted by Crippen LogP contribution is -2.45. The molecule has 1 aliphatic heterocycles. The van der Waals surface area contributed by atoms with Gasteiger partial charge in [0.25, 0.3) is 0 Å². The number of carbonyl (C=O) groups is 1. The first-order valence-electron chi connectivity index (χ1n) is 7.49. The number of nitrogens with two attached hydrogens (primary N) is 1. The summed E-state index contributed by atoms with van der Waals surface area (Å²) < 4.78 is 0. The molecule has 1 aromatic rings. The van der Waals surface area contributed by atoms with Crippen molar-refractivity contribution < 1.29 is 4.79 Å². The third-order valence-electron chi connectivity index (χ3n) is 4.13. The minimum absolute atomic E-state index is 0.00527. The Morgan fingerprint density at radius 1 is 1.57 bits per heavy atom. The van der Waals surface area contributed by atoms with Gasteiger partial charge in [-0.2, -0.15) is 0 Å². The summed E-state index contributed by atoms with van der Waals surface area (Å²) in [5, 5.41) is 3.58. The standard InChI is InChI=1S/C16H24ClN3O/c1-11-5-6-14(17)8-15(11)19-16(21)10-20-7-3-4-13(9-20)12(2)18/h5-6,8,12-13H,3-4,7,9-10,18H2,1-2H3,(H,19,21). The smallest absolute Gasteiger partial charge is 0.238 e. The number of amides is 1.